The Morgan fingerprint density at radius 1 is 1.22 bits per heavy atom. The van der Waals surface area contributed by atoms with Crippen molar-refractivity contribution in [2.75, 3.05) is 0 Å². The van der Waals surface area contributed by atoms with Crippen molar-refractivity contribution in [3.8, 4) is 0 Å². The van der Waals surface area contributed by atoms with Crippen molar-refractivity contribution in [3.05, 3.63) is 11.1 Å². The van der Waals surface area contributed by atoms with Gasteiger partial charge >= 0.3 is 0 Å². The van der Waals surface area contributed by atoms with Crippen LogP contribution >= 0.6 is 23.2 Å². The lowest BCUT2D eigenvalue weighted by Crippen LogP contribution is -1.77. The molecule has 0 aromatic rings. The molecule has 0 heterocycles. The molecule has 9 heavy (non-hydrogen) atoms. The molecule has 0 aliphatic heterocycles. The smallest absolute Gasteiger partial charge is 0.0156 e. The lowest BCUT2D eigenvalue weighted by molar-refractivity contribution is 0.626. The van der Waals surface area contributed by atoms with E-state index in [2.05, 4.69) is 20.8 Å². The average Bonchev–Trinajstić information content (AvgIpc) is 1.89. The summed E-state index contributed by atoms with van der Waals surface area (Å²) in [7, 11) is 0. The fourth-order valence-corrected chi connectivity index (χ4v) is 0. The third-order valence-corrected chi connectivity index (χ3v) is 1.25. The van der Waals surface area contributed by atoms with Gasteiger partial charge in [0.2, 0.25) is 0 Å². The van der Waals surface area contributed by atoms with Gasteiger partial charge in [-0.05, 0) is 5.92 Å². The Morgan fingerprint density at radius 2 is 1.44 bits per heavy atom. The van der Waals surface area contributed by atoms with Crippen LogP contribution in [0.25, 0.3) is 0 Å². The Hall–Kier alpha value is 0.320. The van der Waals surface area contributed by atoms with Crippen molar-refractivity contribution in [1.82, 2.24) is 0 Å². The summed E-state index contributed by atoms with van der Waals surface area (Å²) in [6, 6.07) is 0. The molecule has 0 aromatic heterocycles. The maximum atomic E-state index is 4.87. The second kappa shape index (κ2) is 11.2. The van der Waals surface area contributed by atoms with E-state index in [1.807, 2.05) is 0 Å². The summed E-state index contributed by atoms with van der Waals surface area (Å²) in [4.78, 5) is 0. The monoisotopic (exact) mass is 168 g/mol. The van der Waals surface area contributed by atoms with Gasteiger partial charge in [0.15, 0.2) is 0 Å². The van der Waals surface area contributed by atoms with E-state index in [4.69, 9.17) is 23.2 Å². The molecule has 0 radical (unpaired) electrons. The van der Waals surface area contributed by atoms with Gasteiger partial charge in [-0.15, -0.1) is 0 Å². The maximum absolute atomic E-state index is 4.87. The van der Waals surface area contributed by atoms with E-state index in [1.54, 1.807) is 0 Å². The van der Waals surface area contributed by atoms with Crippen molar-refractivity contribution in [3.63, 3.8) is 0 Å². The maximum Gasteiger partial charge on any atom is 0.0156 e. The highest BCUT2D eigenvalue weighted by molar-refractivity contribution is 6.33. The molecule has 0 spiro atoms. The molecule has 0 aromatic carbocycles. The summed E-state index contributed by atoms with van der Waals surface area (Å²) >= 11 is 9.75. The third kappa shape index (κ3) is 30.1. The lowest BCUT2D eigenvalue weighted by atomic mass is 10.2. The van der Waals surface area contributed by atoms with Crippen LogP contribution < -0.4 is 0 Å². The predicted molar refractivity (Wildman–Crippen MR) is 46.0 cm³/mol. The summed E-state index contributed by atoms with van der Waals surface area (Å²) in [5.41, 5.74) is 2.48. The van der Waals surface area contributed by atoms with Gasteiger partial charge in [0.05, 0.1) is 0 Å². The summed E-state index contributed by atoms with van der Waals surface area (Å²) in [6.07, 6.45) is 1.31. The van der Waals surface area contributed by atoms with E-state index >= 15 is 0 Å². The Bertz CT molecular complexity index is 53.9. The summed E-state index contributed by atoms with van der Waals surface area (Å²) in [5, 5.41) is 0. The molecule has 0 unspecified atom stereocenters. The standard InChI is InChI=1S/C5H12.C2H2Cl2/c1-4-5(2)3;3-1-2-4/h5H,4H2,1-3H3;1-2H/b;2-1+. The molecular formula is C7H14Cl2. The van der Waals surface area contributed by atoms with Crippen molar-refractivity contribution >= 4 is 23.2 Å². The number of hydrogen-bond donors (Lipinski definition) is 0. The second-order valence-corrected chi connectivity index (χ2v) is 2.56. The fourth-order valence-electron chi connectivity index (χ4n) is 0. The van der Waals surface area contributed by atoms with Gasteiger partial charge in [-0.1, -0.05) is 50.4 Å². The Balaban J connectivity index is 0. The molecule has 0 fully saturated rings. The highest BCUT2D eigenvalue weighted by Gasteiger charge is 1.80. The van der Waals surface area contributed by atoms with Crippen molar-refractivity contribution < 1.29 is 0 Å². The Kier molecular flexibility index (Phi) is 14.9. The van der Waals surface area contributed by atoms with Gasteiger partial charge in [0.1, 0.15) is 0 Å². The molecule has 2 heteroatoms. The molecule has 0 amide bonds. The zero-order valence-electron chi connectivity index (χ0n) is 6.20. The van der Waals surface area contributed by atoms with E-state index in [1.165, 1.54) is 17.5 Å². The van der Waals surface area contributed by atoms with Crippen LogP contribution in [0.15, 0.2) is 11.1 Å². The Morgan fingerprint density at radius 3 is 1.44 bits per heavy atom. The number of hydrogen-bond acceptors (Lipinski definition) is 0. The van der Waals surface area contributed by atoms with Gasteiger partial charge in [-0.3, -0.25) is 0 Å². The second-order valence-electron chi connectivity index (χ2n) is 2.05. The lowest BCUT2D eigenvalue weighted by Gasteiger charge is -1.90. The average molecular weight is 169 g/mol. The van der Waals surface area contributed by atoms with Gasteiger partial charge in [0.25, 0.3) is 0 Å². The van der Waals surface area contributed by atoms with E-state index in [-0.39, 0.29) is 0 Å². The minimum atomic E-state index is 0.884. The van der Waals surface area contributed by atoms with E-state index in [0.29, 0.717) is 0 Å². The van der Waals surface area contributed by atoms with Crippen LogP contribution in [0.2, 0.25) is 0 Å². The molecule has 56 valence electrons. The zero-order valence-corrected chi connectivity index (χ0v) is 7.71. The predicted octanol–water partition coefficient (Wildman–Crippen LogP) is 3.99. The third-order valence-electron chi connectivity index (χ3n) is 0.864. The number of halogens is 2. The Labute approximate surface area is 67.9 Å². The highest BCUT2D eigenvalue weighted by atomic mass is 35.5. The van der Waals surface area contributed by atoms with Crippen LogP contribution in [0.5, 0.6) is 0 Å². The van der Waals surface area contributed by atoms with Crippen LogP contribution in [0.4, 0.5) is 0 Å². The zero-order chi connectivity index (χ0) is 7.70. The molecule has 0 N–H and O–H groups in total. The summed E-state index contributed by atoms with van der Waals surface area (Å²) in [5.74, 6) is 0.884. The van der Waals surface area contributed by atoms with Crippen molar-refractivity contribution in [1.29, 1.82) is 0 Å². The van der Waals surface area contributed by atoms with Crippen LogP contribution in [0.3, 0.4) is 0 Å². The number of rotatable bonds is 1. The van der Waals surface area contributed by atoms with Crippen LogP contribution in [0, 0.1) is 5.92 Å². The first kappa shape index (κ1) is 12.0. The van der Waals surface area contributed by atoms with Gasteiger partial charge in [-0.25, -0.2) is 0 Å². The van der Waals surface area contributed by atoms with Gasteiger partial charge in [0, 0.05) is 11.1 Å². The summed E-state index contributed by atoms with van der Waals surface area (Å²) < 4.78 is 0. The molecule has 0 atom stereocenters. The first-order chi connectivity index (χ1) is 4.18. The topological polar surface area (TPSA) is 0 Å². The quantitative estimate of drug-likeness (QED) is 0.556. The molecule has 0 saturated heterocycles. The highest BCUT2D eigenvalue weighted by Crippen LogP contribution is 1.93. The molecule has 0 rings (SSSR count). The minimum Gasteiger partial charge on any atom is -0.0920 e. The van der Waals surface area contributed by atoms with Gasteiger partial charge in [-0.2, -0.15) is 0 Å². The van der Waals surface area contributed by atoms with E-state index in [9.17, 15) is 0 Å². The molecular weight excluding hydrogens is 155 g/mol. The van der Waals surface area contributed by atoms with Gasteiger partial charge < -0.3 is 0 Å². The van der Waals surface area contributed by atoms with Crippen LogP contribution in [-0.4, -0.2) is 0 Å². The molecule has 0 aliphatic carbocycles. The molecule has 0 bridgehead atoms. The van der Waals surface area contributed by atoms with Crippen LogP contribution in [0.1, 0.15) is 27.2 Å². The minimum absolute atomic E-state index is 0.884. The SMILES string of the molecule is CCC(C)C.Cl/C=C/Cl. The fraction of sp³-hybridized carbons (Fsp3) is 0.714. The molecule has 0 saturated carbocycles. The van der Waals surface area contributed by atoms with E-state index < -0.39 is 0 Å². The van der Waals surface area contributed by atoms with Crippen LogP contribution in [-0.2, 0) is 0 Å². The summed E-state index contributed by atoms with van der Waals surface area (Å²) in [6.45, 7) is 6.64. The van der Waals surface area contributed by atoms with Crippen molar-refractivity contribution in [2.24, 2.45) is 5.92 Å². The van der Waals surface area contributed by atoms with E-state index in [0.717, 1.165) is 5.92 Å². The molecule has 0 aliphatic rings. The normalized spacial score (nSPS) is 9.56. The first-order valence-corrected chi connectivity index (χ1v) is 3.91. The molecule has 0 nitrogen and oxygen atoms in total. The largest absolute Gasteiger partial charge is 0.0920 e. The van der Waals surface area contributed by atoms with Crippen molar-refractivity contribution in [2.45, 2.75) is 27.2 Å². The first-order valence-electron chi connectivity index (χ1n) is 3.04.